The number of carbonyl (C=O) groups is 2. The standard InChI is InChI=1S/C19H26N2O4/c1-19(2,3)25-18(23)21-14-9-10-16(21)15(11-14)20-17(22)24-12-13-7-5-4-6-8-13/h4-8,14-16H,9-12H2,1-3H3,(H,20,22). The van der Waals surface area contributed by atoms with Gasteiger partial charge in [0.15, 0.2) is 0 Å². The van der Waals surface area contributed by atoms with Crippen LogP contribution in [0.15, 0.2) is 30.3 Å². The third kappa shape index (κ3) is 4.24. The number of hydrogen-bond acceptors (Lipinski definition) is 4. The van der Waals surface area contributed by atoms with Gasteiger partial charge in [-0.25, -0.2) is 9.59 Å². The monoisotopic (exact) mass is 346 g/mol. The molecule has 3 atom stereocenters. The van der Waals surface area contributed by atoms with Gasteiger partial charge in [-0.15, -0.1) is 0 Å². The Balaban J connectivity index is 1.52. The molecule has 6 nitrogen and oxygen atoms in total. The van der Waals surface area contributed by atoms with Gasteiger partial charge in [-0.3, -0.25) is 0 Å². The van der Waals surface area contributed by atoms with Crippen molar-refractivity contribution >= 4 is 12.2 Å². The van der Waals surface area contributed by atoms with Gasteiger partial charge in [0.25, 0.3) is 0 Å². The summed E-state index contributed by atoms with van der Waals surface area (Å²) >= 11 is 0. The summed E-state index contributed by atoms with van der Waals surface area (Å²) in [6.45, 7) is 5.82. The summed E-state index contributed by atoms with van der Waals surface area (Å²) in [4.78, 5) is 26.3. The predicted octanol–water partition coefficient (Wildman–Crippen LogP) is 3.45. The third-order valence-corrected chi connectivity index (χ3v) is 4.66. The van der Waals surface area contributed by atoms with E-state index in [2.05, 4.69) is 5.32 Å². The number of amides is 2. The molecule has 2 fully saturated rings. The van der Waals surface area contributed by atoms with Crippen molar-refractivity contribution in [2.24, 2.45) is 0 Å². The highest BCUT2D eigenvalue weighted by molar-refractivity contribution is 5.71. The summed E-state index contributed by atoms with van der Waals surface area (Å²) in [6, 6.07) is 9.61. The van der Waals surface area contributed by atoms with E-state index in [4.69, 9.17) is 9.47 Å². The van der Waals surface area contributed by atoms with Gasteiger partial charge in [-0.1, -0.05) is 30.3 Å². The van der Waals surface area contributed by atoms with Gasteiger partial charge in [-0.05, 0) is 45.6 Å². The minimum Gasteiger partial charge on any atom is -0.445 e. The molecule has 0 aromatic heterocycles. The maximum Gasteiger partial charge on any atom is 0.410 e. The van der Waals surface area contributed by atoms with E-state index in [0.29, 0.717) is 0 Å². The number of ether oxygens (including phenoxy) is 2. The summed E-state index contributed by atoms with van der Waals surface area (Å²) in [5.41, 5.74) is 0.428. The van der Waals surface area contributed by atoms with Crippen LogP contribution in [0.25, 0.3) is 0 Å². The van der Waals surface area contributed by atoms with Crippen LogP contribution < -0.4 is 5.32 Å². The third-order valence-electron chi connectivity index (χ3n) is 4.66. The lowest BCUT2D eigenvalue weighted by molar-refractivity contribution is 0.0209. The fraction of sp³-hybridized carbons (Fsp3) is 0.579. The second kappa shape index (κ2) is 6.94. The lowest BCUT2D eigenvalue weighted by Gasteiger charge is -2.28. The number of fused-ring (bicyclic) bond motifs is 2. The van der Waals surface area contributed by atoms with Crippen molar-refractivity contribution in [1.29, 1.82) is 0 Å². The number of benzene rings is 1. The smallest absolute Gasteiger partial charge is 0.410 e. The molecule has 25 heavy (non-hydrogen) atoms. The molecule has 0 radical (unpaired) electrons. The van der Waals surface area contributed by atoms with Crippen LogP contribution in [0.3, 0.4) is 0 Å². The van der Waals surface area contributed by atoms with E-state index in [0.717, 1.165) is 24.8 Å². The number of nitrogens with zero attached hydrogens (tertiary/aromatic N) is 1. The molecule has 1 aromatic carbocycles. The minimum absolute atomic E-state index is 0.0101. The molecule has 1 aromatic rings. The Kier molecular flexibility index (Phi) is 4.88. The Labute approximate surface area is 148 Å². The quantitative estimate of drug-likeness (QED) is 0.910. The molecular formula is C19H26N2O4. The Morgan fingerprint density at radius 1 is 1.20 bits per heavy atom. The Morgan fingerprint density at radius 2 is 1.92 bits per heavy atom. The van der Waals surface area contributed by atoms with Gasteiger partial charge in [0.1, 0.15) is 12.2 Å². The van der Waals surface area contributed by atoms with Crippen molar-refractivity contribution in [2.45, 2.75) is 70.4 Å². The van der Waals surface area contributed by atoms with Crippen LogP contribution in [0.5, 0.6) is 0 Å². The van der Waals surface area contributed by atoms with E-state index >= 15 is 0 Å². The number of hydrogen-bond donors (Lipinski definition) is 1. The zero-order valence-corrected chi connectivity index (χ0v) is 15.0. The first kappa shape index (κ1) is 17.6. The fourth-order valence-corrected chi connectivity index (χ4v) is 3.66. The maximum atomic E-state index is 12.4. The van der Waals surface area contributed by atoms with E-state index < -0.39 is 11.7 Å². The van der Waals surface area contributed by atoms with Gasteiger partial charge < -0.3 is 19.7 Å². The molecule has 6 heteroatoms. The lowest BCUT2D eigenvalue weighted by Crippen LogP contribution is -2.46. The van der Waals surface area contributed by atoms with Crippen LogP contribution >= 0.6 is 0 Å². The van der Waals surface area contributed by atoms with Crippen molar-refractivity contribution in [3.63, 3.8) is 0 Å². The highest BCUT2D eigenvalue weighted by Gasteiger charge is 2.50. The normalized spacial score (nSPS) is 24.9. The number of rotatable bonds is 3. The van der Waals surface area contributed by atoms with Crippen molar-refractivity contribution in [3.8, 4) is 0 Å². The Morgan fingerprint density at radius 3 is 2.60 bits per heavy atom. The van der Waals surface area contributed by atoms with Gasteiger partial charge >= 0.3 is 12.2 Å². The summed E-state index contributed by atoms with van der Waals surface area (Å²) in [7, 11) is 0. The summed E-state index contributed by atoms with van der Waals surface area (Å²) < 4.78 is 10.8. The second-order valence-electron chi connectivity index (χ2n) is 7.73. The average Bonchev–Trinajstić information content (AvgIpc) is 3.10. The molecule has 2 heterocycles. The van der Waals surface area contributed by atoms with Crippen LogP contribution in [0.1, 0.15) is 45.6 Å². The molecular weight excluding hydrogens is 320 g/mol. The first-order valence-electron chi connectivity index (χ1n) is 8.82. The Hall–Kier alpha value is -2.24. The maximum absolute atomic E-state index is 12.4. The van der Waals surface area contributed by atoms with E-state index in [1.165, 1.54) is 0 Å². The molecule has 3 unspecified atom stereocenters. The molecule has 2 bridgehead atoms. The van der Waals surface area contributed by atoms with E-state index in [9.17, 15) is 9.59 Å². The molecule has 136 valence electrons. The van der Waals surface area contributed by atoms with E-state index in [1.54, 1.807) is 4.90 Å². The molecule has 3 rings (SSSR count). The van der Waals surface area contributed by atoms with Crippen LogP contribution in [0, 0.1) is 0 Å². The van der Waals surface area contributed by atoms with Crippen LogP contribution in [-0.4, -0.2) is 40.8 Å². The first-order valence-corrected chi connectivity index (χ1v) is 8.82. The minimum atomic E-state index is -0.517. The molecule has 0 saturated carbocycles. The van der Waals surface area contributed by atoms with Crippen molar-refractivity contribution in [1.82, 2.24) is 10.2 Å². The number of carbonyl (C=O) groups excluding carboxylic acids is 2. The molecule has 1 N–H and O–H groups in total. The van der Waals surface area contributed by atoms with Crippen LogP contribution in [0.2, 0.25) is 0 Å². The van der Waals surface area contributed by atoms with Crippen molar-refractivity contribution in [3.05, 3.63) is 35.9 Å². The van der Waals surface area contributed by atoms with Gasteiger partial charge in [0, 0.05) is 6.04 Å². The highest BCUT2D eigenvalue weighted by Crippen LogP contribution is 2.38. The van der Waals surface area contributed by atoms with Gasteiger partial charge in [0.2, 0.25) is 0 Å². The Bertz CT molecular complexity index is 626. The topological polar surface area (TPSA) is 67.9 Å². The highest BCUT2D eigenvalue weighted by atomic mass is 16.6. The van der Waals surface area contributed by atoms with Crippen LogP contribution in [0.4, 0.5) is 9.59 Å². The molecule has 2 aliphatic heterocycles. The summed E-state index contributed by atoms with van der Waals surface area (Å²) in [5, 5.41) is 2.92. The van der Waals surface area contributed by atoms with Crippen molar-refractivity contribution < 1.29 is 19.1 Å². The second-order valence-corrected chi connectivity index (χ2v) is 7.73. The zero-order chi connectivity index (χ0) is 18.0. The largest absolute Gasteiger partial charge is 0.445 e. The van der Waals surface area contributed by atoms with E-state index in [1.807, 2.05) is 51.1 Å². The predicted molar refractivity (Wildman–Crippen MR) is 93.1 cm³/mol. The van der Waals surface area contributed by atoms with Gasteiger partial charge in [-0.2, -0.15) is 0 Å². The lowest BCUT2D eigenvalue weighted by atomic mass is 9.96. The SMILES string of the molecule is CC(C)(C)OC(=O)N1C2CCC1C(NC(=O)OCc1ccccc1)C2. The zero-order valence-electron chi connectivity index (χ0n) is 15.0. The summed E-state index contributed by atoms with van der Waals surface area (Å²) in [6.07, 6.45) is 1.87. The molecule has 2 aliphatic rings. The fourth-order valence-electron chi connectivity index (χ4n) is 3.66. The first-order chi connectivity index (χ1) is 11.8. The molecule has 2 saturated heterocycles. The number of alkyl carbamates (subject to hydrolysis) is 1. The summed E-state index contributed by atoms with van der Waals surface area (Å²) in [5.74, 6) is 0. The van der Waals surface area contributed by atoms with Crippen LogP contribution in [-0.2, 0) is 16.1 Å². The molecule has 0 aliphatic carbocycles. The number of nitrogens with one attached hydrogen (secondary N) is 1. The van der Waals surface area contributed by atoms with Gasteiger partial charge in [0.05, 0.1) is 12.1 Å². The molecule has 0 spiro atoms. The van der Waals surface area contributed by atoms with Crippen molar-refractivity contribution in [2.75, 3.05) is 0 Å². The van der Waals surface area contributed by atoms with E-state index in [-0.39, 0.29) is 30.8 Å². The average molecular weight is 346 g/mol. The molecule has 2 amide bonds.